The first-order valence-electron chi connectivity index (χ1n) is 4.74. The summed E-state index contributed by atoms with van der Waals surface area (Å²) in [6.45, 7) is -0.481. The van der Waals surface area contributed by atoms with Gasteiger partial charge in [0.25, 0.3) is 0 Å². The van der Waals surface area contributed by atoms with Crippen molar-refractivity contribution in [2.45, 2.75) is 25.7 Å². The fraction of sp³-hybridized carbons (Fsp3) is 0.750. The molecule has 8 heteroatoms. The molecule has 5 nitrogen and oxygen atoms in total. The smallest absolute Gasteiger partial charge is 0.372 e. The molecule has 0 aliphatic carbocycles. The molecule has 0 saturated heterocycles. The summed E-state index contributed by atoms with van der Waals surface area (Å²) < 4.78 is 41.1. The molecule has 16 heavy (non-hydrogen) atoms. The summed E-state index contributed by atoms with van der Waals surface area (Å²) in [5.41, 5.74) is 5.38. The number of aryl methyl sites for hydroxylation is 1. The highest BCUT2D eigenvalue weighted by Gasteiger charge is 2.27. The van der Waals surface area contributed by atoms with Crippen LogP contribution in [0.4, 0.5) is 13.2 Å². The molecule has 0 spiro atoms. The average Bonchev–Trinajstić information content (AvgIpc) is 2.63. The van der Waals surface area contributed by atoms with E-state index in [0.717, 1.165) is 0 Å². The van der Waals surface area contributed by atoms with Crippen LogP contribution in [0.5, 0.6) is 0 Å². The first kappa shape index (κ1) is 12.9. The standard InChI is InChI=1S/C8H13F3N4O/c9-8(10,11)5-16-3-1-2-15-7(4-12)13-6-14-15/h6H,1-5,12H2. The molecule has 1 aromatic rings. The zero-order valence-corrected chi connectivity index (χ0v) is 8.57. The zero-order chi connectivity index (χ0) is 12.0. The minimum atomic E-state index is -4.27. The van der Waals surface area contributed by atoms with Crippen molar-refractivity contribution in [1.29, 1.82) is 0 Å². The van der Waals surface area contributed by atoms with E-state index in [1.807, 2.05) is 0 Å². The van der Waals surface area contributed by atoms with E-state index in [1.54, 1.807) is 4.68 Å². The Hall–Kier alpha value is -1.15. The Morgan fingerprint density at radius 1 is 1.44 bits per heavy atom. The molecule has 0 aliphatic heterocycles. The van der Waals surface area contributed by atoms with Gasteiger partial charge in [0, 0.05) is 13.2 Å². The van der Waals surface area contributed by atoms with Gasteiger partial charge in [-0.05, 0) is 6.42 Å². The van der Waals surface area contributed by atoms with Gasteiger partial charge in [0.1, 0.15) is 18.8 Å². The number of aromatic nitrogens is 3. The number of rotatable bonds is 6. The summed E-state index contributed by atoms with van der Waals surface area (Å²) >= 11 is 0. The summed E-state index contributed by atoms with van der Waals surface area (Å²) in [7, 11) is 0. The van der Waals surface area contributed by atoms with Crippen LogP contribution in [0.25, 0.3) is 0 Å². The molecule has 0 radical (unpaired) electrons. The largest absolute Gasteiger partial charge is 0.411 e. The second kappa shape index (κ2) is 5.80. The molecular weight excluding hydrogens is 225 g/mol. The van der Waals surface area contributed by atoms with Crippen LogP contribution in [0.15, 0.2) is 6.33 Å². The molecule has 2 N–H and O–H groups in total. The van der Waals surface area contributed by atoms with Gasteiger partial charge in [-0.3, -0.25) is 0 Å². The maximum atomic E-state index is 11.7. The van der Waals surface area contributed by atoms with Crippen molar-refractivity contribution in [1.82, 2.24) is 14.8 Å². The Balaban J connectivity index is 2.16. The quantitative estimate of drug-likeness (QED) is 0.741. The Labute approximate surface area is 90.4 Å². The summed E-state index contributed by atoms with van der Waals surface area (Å²) in [5.74, 6) is 0.607. The maximum Gasteiger partial charge on any atom is 0.411 e. The van der Waals surface area contributed by atoms with Gasteiger partial charge in [0.2, 0.25) is 0 Å². The lowest BCUT2D eigenvalue weighted by molar-refractivity contribution is -0.174. The first-order valence-corrected chi connectivity index (χ1v) is 4.74. The minimum Gasteiger partial charge on any atom is -0.372 e. The number of ether oxygens (including phenoxy) is 1. The average molecular weight is 238 g/mol. The van der Waals surface area contributed by atoms with Crippen LogP contribution in [0.3, 0.4) is 0 Å². The molecular formula is C8H13F3N4O. The zero-order valence-electron chi connectivity index (χ0n) is 8.57. The molecule has 0 atom stereocenters. The van der Waals surface area contributed by atoms with Crippen LogP contribution < -0.4 is 5.73 Å². The van der Waals surface area contributed by atoms with Gasteiger partial charge in [-0.15, -0.1) is 0 Å². The monoisotopic (exact) mass is 238 g/mol. The Morgan fingerprint density at radius 3 is 2.81 bits per heavy atom. The summed E-state index contributed by atoms with van der Waals surface area (Å²) in [4.78, 5) is 3.88. The third-order valence-corrected chi connectivity index (χ3v) is 1.80. The summed E-state index contributed by atoms with van der Waals surface area (Å²) in [6, 6.07) is 0. The molecule has 0 aromatic carbocycles. The van der Waals surface area contributed by atoms with E-state index >= 15 is 0 Å². The van der Waals surface area contributed by atoms with Crippen molar-refractivity contribution in [2.24, 2.45) is 5.73 Å². The molecule has 1 aromatic heterocycles. The van der Waals surface area contributed by atoms with E-state index in [-0.39, 0.29) is 13.2 Å². The Kier molecular flexibility index (Phi) is 4.69. The Bertz CT molecular complexity index is 312. The second-order valence-electron chi connectivity index (χ2n) is 3.12. The molecule has 0 fully saturated rings. The summed E-state index contributed by atoms with van der Waals surface area (Å²) in [6.07, 6.45) is -2.47. The van der Waals surface area contributed by atoms with Gasteiger partial charge in [0.15, 0.2) is 0 Å². The fourth-order valence-corrected chi connectivity index (χ4v) is 1.14. The van der Waals surface area contributed by atoms with Crippen molar-refractivity contribution < 1.29 is 17.9 Å². The predicted molar refractivity (Wildman–Crippen MR) is 49.4 cm³/mol. The predicted octanol–water partition coefficient (Wildman–Crippen LogP) is 0.706. The lowest BCUT2D eigenvalue weighted by Crippen LogP contribution is -2.18. The summed E-state index contributed by atoms with van der Waals surface area (Å²) in [5, 5.41) is 3.88. The van der Waals surface area contributed by atoms with E-state index in [1.165, 1.54) is 6.33 Å². The number of nitrogens with two attached hydrogens (primary N) is 1. The van der Waals surface area contributed by atoms with Crippen LogP contribution in [0, 0.1) is 0 Å². The van der Waals surface area contributed by atoms with E-state index in [2.05, 4.69) is 14.8 Å². The molecule has 0 bridgehead atoms. The molecule has 92 valence electrons. The number of hydrogen-bond donors (Lipinski definition) is 1. The molecule has 0 amide bonds. The van der Waals surface area contributed by atoms with Gasteiger partial charge >= 0.3 is 6.18 Å². The van der Waals surface area contributed by atoms with E-state index in [4.69, 9.17) is 5.73 Å². The van der Waals surface area contributed by atoms with Crippen molar-refractivity contribution in [3.8, 4) is 0 Å². The Morgan fingerprint density at radius 2 is 2.19 bits per heavy atom. The highest BCUT2D eigenvalue weighted by molar-refractivity contribution is 4.81. The molecule has 1 heterocycles. The van der Waals surface area contributed by atoms with Crippen LogP contribution in [0.2, 0.25) is 0 Å². The van der Waals surface area contributed by atoms with E-state index in [0.29, 0.717) is 18.8 Å². The number of alkyl halides is 3. The van der Waals surface area contributed by atoms with Crippen molar-refractivity contribution in [3.63, 3.8) is 0 Å². The second-order valence-corrected chi connectivity index (χ2v) is 3.12. The van der Waals surface area contributed by atoms with Crippen molar-refractivity contribution in [2.75, 3.05) is 13.2 Å². The fourth-order valence-electron chi connectivity index (χ4n) is 1.14. The lowest BCUT2D eigenvalue weighted by Gasteiger charge is -2.08. The van der Waals surface area contributed by atoms with Crippen LogP contribution >= 0.6 is 0 Å². The number of hydrogen-bond acceptors (Lipinski definition) is 4. The van der Waals surface area contributed by atoms with Gasteiger partial charge in [-0.25, -0.2) is 9.67 Å². The normalized spacial score (nSPS) is 12.0. The van der Waals surface area contributed by atoms with Crippen LogP contribution in [-0.2, 0) is 17.8 Å². The molecule has 1 rings (SSSR count). The van der Waals surface area contributed by atoms with Crippen LogP contribution in [-0.4, -0.2) is 34.2 Å². The van der Waals surface area contributed by atoms with Gasteiger partial charge < -0.3 is 10.5 Å². The third-order valence-electron chi connectivity index (χ3n) is 1.80. The van der Waals surface area contributed by atoms with E-state index in [9.17, 15) is 13.2 Å². The molecule has 0 aliphatic rings. The highest BCUT2D eigenvalue weighted by atomic mass is 19.4. The molecule has 0 unspecified atom stereocenters. The third kappa shape index (κ3) is 4.58. The van der Waals surface area contributed by atoms with Crippen molar-refractivity contribution in [3.05, 3.63) is 12.2 Å². The first-order chi connectivity index (χ1) is 7.53. The van der Waals surface area contributed by atoms with Gasteiger partial charge in [0.05, 0.1) is 6.54 Å². The maximum absolute atomic E-state index is 11.7. The van der Waals surface area contributed by atoms with Crippen LogP contribution in [0.1, 0.15) is 12.2 Å². The highest BCUT2D eigenvalue weighted by Crippen LogP contribution is 2.14. The minimum absolute atomic E-state index is 0.0311. The van der Waals surface area contributed by atoms with Crippen molar-refractivity contribution >= 4 is 0 Å². The van der Waals surface area contributed by atoms with Gasteiger partial charge in [-0.1, -0.05) is 0 Å². The SMILES string of the molecule is NCc1ncnn1CCCOCC(F)(F)F. The topological polar surface area (TPSA) is 66.0 Å². The van der Waals surface area contributed by atoms with Gasteiger partial charge in [-0.2, -0.15) is 18.3 Å². The lowest BCUT2D eigenvalue weighted by atomic mass is 10.4. The molecule has 0 saturated carbocycles. The number of nitrogens with zero attached hydrogens (tertiary/aromatic N) is 3. The van der Waals surface area contributed by atoms with E-state index < -0.39 is 12.8 Å². The number of halogens is 3.